The van der Waals surface area contributed by atoms with Gasteiger partial charge in [0.05, 0.1) is 11.3 Å². The predicted molar refractivity (Wildman–Crippen MR) is 116 cm³/mol. The summed E-state index contributed by atoms with van der Waals surface area (Å²) < 4.78 is 0. The van der Waals surface area contributed by atoms with E-state index in [1.54, 1.807) is 24.3 Å². The van der Waals surface area contributed by atoms with Crippen molar-refractivity contribution < 1.29 is 19.5 Å². The number of imide groups is 1. The minimum absolute atomic E-state index is 0.0641. The summed E-state index contributed by atoms with van der Waals surface area (Å²) >= 11 is 1.43. The highest BCUT2D eigenvalue weighted by atomic mass is 32.1. The van der Waals surface area contributed by atoms with E-state index in [1.165, 1.54) is 23.2 Å². The zero-order valence-corrected chi connectivity index (χ0v) is 17.4. The molecule has 3 amide bonds. The van der Waals surface area contributed by atoms with Crippen molar-refractivity contribution in [2.24, 2.45) is 5.92 Å². The maximum absolute atomic E-state index is 13.5. The van der Waals surface area contributed by atoms with Gasteiger partial charge in [0.2, 0.25) is 5.91 Å². The molecular weight excluding hydrogens is 402 g/mol. The zero-order valence-electron chi connectivity index (χ0n) is 16.6. The fourth-order valence-electron chi connectivity index (χ4n) is 4.00. The third-order valence-electron chi connectivity index (χ3n) is 5.37. The number of nitrogens with one attached hydrogen (secondary N) is 1. The van der Waals surface area contributed by atoms with E-state index in [0.717, 1.165) is 17.7 Å². The van der Waals surface area contributed by atoms with E-state index in [2.05, 4.69) is 5.32 Å². The summed E-state index contributed by atoms with van der Waals surface area (Å²) in [7, 11) is 0. The Kier molecular flexibility index (Phi) is 5.69. The SMILES string of the molecule is CC(=O)Nc1ccc(N2C(=O)C(c3cccs3)=C(N3CCCC(CO)C3)C2=O)cc1. The fourth-order valence-corrected chi connectivity index (χ4v) is 4.77. The lowest BCUT2D eigenvalue weighted by molar-refractivity contribution is -0.121. The van der Waals surface area contributed by atoms with Crippen LogP contribution in [0.2, 0.25) is 0 Å². The largest absolute Gasteiger partial charge is 0.396 e. The molecule has 3 heterocycles. The van der Waals surface area contributed by atoms with Crippen LogP contribution >= 0.6 is 11.3 Å². The number of anilines is 2. The van der Waals surface area contributed by atoms with Crippen LogP contribution in [0.3, 0.4) is 0 Å². The van der Waals surface area contributed by atoms with Crippen LogP contribution < -0.4 is 10.2 Å². The minimum Gasteiger partial charge on any atom is -0.396 e. The molecule has 1 fully saturated rings. The first-order valence-corrected chi connectivity index (χ1v) is 10.8. The summed E-state index contributed by atoms with van der Waals surface area (Å²) in [5.41, 5.74) is 1.88. The number of nitrogens with zero attached hydrogens (tertiary/aromatic N) is 2. The number of hydrogen-bond acceptors (Lipinski definition) is 6. The summed E-state index contributed by atoms with van der Waals surface area (Å²) in [5.74, 6) is -0.807. The molecule has 2 aliphatic heterocycles. The van der Waals surface area contributed by atoms with Crippen molar-refractivity contribution in [2.45, 2.75) is 19.8 Å². The van der Waals surface area contributed by atoms with Crippen LogP contribution in [0.5, 0.6) is 0 Å². The number of thiophene rings is 1. The molecule has 8 heteroatoms. The summed E-state index contributed by atoms with van der Waals surface area (Å²) in [5, 5.41) is 14.2. The molecule has 0 saturated carbocycles. The Balaban J connectivity index is 1.71. The molecule has 0 aliphatic carbocycles. The van der Waals surface area contributed by atoms with Gasteiger partial charge in [-0.3, -0.25) is 14.4 Å². The number of rotatable bonds is 5. The molecule has 2 aromatic rings. The van der Waals surface area contributed by atoms with Crippen molar-refractivity contribution >= 4 is 46.0 Å². The molecule has 7 nitrogen and oxygen atoms in total. The second-order valence-corrected chi connectivity index (χ2v) is 8.46. The number of aliphatic hydroxyl groups excluding tert-OH is 1. The number of likely N-dealkylation sites (tertiary alicyclic amines) is 1. The molecule has 1 aromatic heterocycles. The second-order valence-electron chi connectivity index (χ2n) is 7.51. The van der Waals surface area contributed by atoms with Gasteiger partial charge < -0.3 is 15.3 Å². The maximum atomic E-state index is 13.5. The number of carbonyl (C=O) groups is 3. The Hall–Kier alpha value is -2.97. The van der Waals surface area contributed by atoms with E-state index in [0.29, 0.717) is 35.7 Å². The first kappa shape index (κ1) is 20.3. The van der Waals surface area contributed by atoms with E-state index in [1.807, 2.05) is 22.4 Å². The van der Waals surface area contributed by atoms with Gasteiger partial charge in [0.15, 0.2) is 0 Å². The fraction of sp³-hybridized carbons (Fsp3) is 0.318. The van der Waals surface area contributed by atoms with Crippen LogP contribution in [-0.2, 0) is 14.4 Å². The van der Waals surface area contributed by atoms with Crippen molar-refractivity contribution in [3.05, 3.63) is 52.4 Å². The van der Waals surface area contributed by atoms with Gasteiger partial charge in [-0.1, -0.05) is 6.07 Å². The van der Waals surface area contributed by atoms with Crippen LogP contribution in [0.1, 0.15) is 24.6 Å². The average Bonchev–Trinajstić information content (AvgIpc) is 3.34. The van der Waals surface area contributed by atoms with E-state index >= 15 is 0 Å². The molecule has 0 spiro atoms. The molecular formula is C22H23N3O4S. The Morgan fingerprint density at radius 2 is 1.97 bits per heavy atom. The van der Waals surface area contributed by atoms with E-state index < -0.39 is 0 Å². The van der Waals surface area contributed by atoms with Crippen molar-refractivity contribution in [2.75, 3.05) is 29.9 Å². The molecule has 1 unspecified atom stereocenters. The summed E-state index contributed by atoms with van der Waals surface area (Å²) in [6.07, 6.45) is 1.77. The van der Waals surface area contributed by atoms with Gasteiger partial charge in [-0.25, -0.2) is 4.90 Å². The Morgan fingerprint density at radius 1 is 1.20 bits per heavy atom. The number of benzene rings is 1. The molecule has 0 bridgehead atoms. The summed E-state index contributed by atoms with van der Waals surface area (Å²) in [6, 6.07) is 10.4. The molecule has 1 aromatic carbocycles. The normalized spacial score (nSPS) is 19.6. The third kappa shape index (κ3) is 3.76. The molecule has 2 N–H and O–H groups in total. The van der Waals surface area contributed by atoms with Crippen molar-refractivity contribution in [3.8, 4) is 0 Å². The molecule has 4 rings (SSSR count). The van der Waals surface area contributed by atoms with Crippen molar-refractivity contribution in [1.82, 2.24) is 4.90 Å². The van der Waals surface area contributed by atoms with Gasteiger partial charge >= 0.3 is 0 Å². The lowest BCUT2D eigenvalue weighted by Crippen LogP contribution is -2.40. The third-order valence-corrected chi connectivity index (χ3v) is 6.25. The number of aliphatic hydroxyl groups is 1. The lowest BCUT2D eigenvalue weighted by Gasteiger charge is -2.34. The summed E-state index contributed by atoms with van der Waals surface area (Å²) in [4.78, 5) is 42.0. The van der Waals surface area contributed by atoms with E-state index in [9.17, 15) is 19.5 Å². The monoisotopic (exact) mass is 425 g/mol. The topological polar surface area (TPSA) is 90.0 Å². The van der Waals surface area contributed by atoms with Gasteiger partial charge in [0.25, 0.3) is 11.8 Å². The van der Waals surface area contributed by atoms with Gasteiger partial charge in [-0.15, -0.1) is 11.3 Å². The average molecular weight is 426 g/mol. The van der Waals surface area contributed by atoms with Crippen LogP contribution in [0.4, 0.5) is 11.4 Å². The minimum atomic E-state index is -0.353. The smallest absolute Gasteiger partial charge is 0.282 e. The first-order valence-electron chi connectivity index (χ1n) is 9.90. The lowest BCUT2D eigenvalue weighted by atomic mass is 9.98. The molecule has 1 saturated heterocycles. The summed E-state index contributed by atoms with van der Waals surface area (Å²) in [6.45, 7) is 2.71. The van der Waals surface area contributed by atoms with Crippen LogP contribution in [0, 0.1) is 5.92 Å². The van der Waals surface area contributed by atoms with Gasteiger partial charge in [-0.2, -0.15) is 0 Å². The molecule has 0 radical (unpaired) electrons. The highest BCUT2D eigenvalue weighted by Crippen LogP contribution is 2.38. The van der Waals surface area contributed by atoms with Gasteiger partial charge in [0.1, 0.15) is 5.70 Å². The Bertz CT molecular complexity index is 998. The maximum Gasteiger partial charge on any atom is 0.282 e. The number of carbonyl (C=O) groups excluding carboxylic acids is 3. The van der Waals surface area contributed by atoms with Gasteiger partial charge in [0, 0.05) is 37.2 Å². The molecule has 30 heavy (non-hydrogen) atoms. The van der Waals surface area contributed by atoms with Crippen LogP contribution in [0.25, 0.3) is 5.57 Å². The van der Waals surface area contributed by atoms with E-state index in [4.69, 9.17) is 0 Å². The highest BCUT2D eigenvalue weighted by Gasteiger charge is 2.43. The molecule has 2 aliphatic rings. The Labute approximate surface area is 178 Å². The van der Waals surface area contributed by atoms with Crippen molar-refractivity contribution in [1.29, 1.82) is 0 Å². The highest BCUT2D eigenvalue weighted by molar-refractivity contribution is 7.11. The number of amides is 3. The Morgan fingerprint density at radius 3 is 2.60 bits per heavy atom. The first-order chi connectivity index (χ1) is 14.5. The van der Waals surface area contributed by atoms with Crippen LogP contribution in [-0.4, -0.2) is 47.4 Å². The molecule has 156 valence electrons. The van der Waals surface area contributed by atoms with Gasteiger partial charge in [-0.05, 0) is 54.5 Å². The van der Waals surface area contributed by atoms with E-state index in [-0.39, 0.29) is 30.2 Å². The number of piperidine rings is 1. The quantitative estimate of drug-likeness (QED) is 0.719. The zero-order chi connectivity index (χ0) is 21.3. The standard InChI is InChI=1S/C22H23N3O4S/c1-14(27)23-16-6-8-17(9-7-16)25-21(28)19(18-5-3-11-30-18)20(22(25)29)24-10-2-4-15(12-24)13-26/h3,5-9,11,15,26H,2,4,10,12-13H2,1H3,(H,23,27). The van der Waals surface area contributed by atoms with Crippen LogP contribution in [0.15, 0.2) is 47.5 Å². The number of hydrogen-bond donors (Lipinski definition) is 2. The predicted octanol–water partition coefficient (Wildman–Crippen LogP) is 2.70. The van der Waals surface area contributed by atoms with Crippen molar-refractivity contribution in [3.63, 3.8) is 0 Å². The molecule has 1 atom stereocenters. The second kappa shape index (κ2) is 8.41.